The summed E-state index contributed by atoms with van der Waals surface area (Å²) < 4.78 is 30.9. The van der Waals surface area contributed by atoms with Gasteiger partial charge in [-0.2, -0.15) is 4.31 Å². The van der Waals surface area contributed by atoms with Crippen LogP contribution in [0.25, 0.3) is 0 Å². The van der Waals surface area contributed by atoms with Crippen molar-refractivity contribution in [3.63, 3.8) is 0 Å². The molecule has 1 fully saturated rings. The molecule has 2 rings (SSSR count). The van der Waals surface area contributed by atoms with Crippen LogP contribution in [0.4, 0.5) is 0 Å². The molecule has 1 atom stereocenters. The molecule has 6 heteroatoms. The second-order valence-corrected chi connectivity index (χ2v) is 5.89. The topological polar surface area (TPSA) is 72.6 Å². The van der Waals surface area contributed by atoms with Gasteiger partial charge in [-0.3, -0.25) is 0 Å². The van der Waals surface area contributed by atoms with E-state index in [2.05, 4.69) is 0 Å². The Bertz CT molecular complexity index is 484. The van der Waals surface area contributed by atoms with E-state index < -0.39 is 16.2 Å². The molecule has 0 amide bonds. The lowest BCUT2D eigenvalue weighted by molar-refractivity contribution is 0.395. The van der Waals surface area contributed by atoms with Crippen molar-refractivity contribution in [3.05, 3.63) is 24.3 Å². The van der Waals surface area contributed by atoms with Crippen LogP contribution < -0.4 is 10.5 Å². The summed E-state index contributed by atoms with van der Waals surface area (Å²) in [4.78, 5) is 0.260. The number of nitrogens with zero attached hydrogens (tertiary/aromatic N) is 1. The molecule has 1 aromatic rings. The third kappa shape index (κ3) is 2.29. The Morgan fingerprint density at radius 1 is 1.35 bits per heavy atom. The first-order valence-electron chi connectivity index (χ1n) is 5.47. The molecule has 1 unspecified atom stereocenters. The Morgan fingerprint density at radius 3 is 2.47 bits per heavy atom. The first-order chi connectivity index (χ1) is 8.05. The summed E-state index contributed by atoms with van der Waals surface area (Å²) >= 11 is 0. The van der Waals surface area contributed by atoms with E-state index >= 15 is 0 Å². The van der Waals surface area contributed by atoms with Gasteiger partial charge >= 0.3 is 0 Å². The Balaban J connectivity index is 2.31. The summed E-state index contributed by atoms with van der Waals surface area (Å²) in [5, 5.41) is 0. The molecule has 1 aromatic carbocycles. The molecule has 5 nitrogen and oxygen atoms in total. The lowest BCUT2D eigenvalue weighted by atomic mass is 10.3. The molecule has 0 bridgehead atoms. The van der Waals surface area contributed by atoms with E-state index in [1.165, 1.54) is 4.31 Å². The highest BCUT2D eigenvalue weighted by molar-refractivity contribution is 7.89. The molecule has 0 aromatic heterocycles. The van der Waals surface area contributed by atoms with Gasteiger partial charge in [0.2, 0.25) is 10.0 Å². The molecule has 0 spiro atoms. The molecule has 0 saturated carbocycles. The lowest BCUT2D eigenvalue weighted by Crippen LogP contribution is -2.40. The number of benzene rings is 1. The minimum absolute atomic E-state index is 0.260. The van der Waals surface area contributed by atoms with Crippen LogP contribution in [0.3, 0.4) is 0 Å². The van der Waals surface area contributed by atoms with Crippen LogP contribution >= 0.6 is 0 Å². The molecule has 0 aliphatic carbocycles. The van der Waals surface area contributed by atoms with E-state index in [-0.39, 0.29) is 4.90 Å². The van der Waals surface area contributed by atoms with Crippen LogP contribution in [-0.2, 0) is 10.0 Å². The first kappa shape index (κ1) is 12.3. The van der Waals surface area contributed by atoms with E-state index in [0.29, 0.717) is 12.3 Å². The highest BCUT2D eigenvalue weighted by atomic mass is 32.2. The van der Waals surface area contributed by atoms with Crippen molar-refractivity contribution in [2.75, 3.05) is 13.7 Å². The minimum Gasteiger partial charge on any atom is -0.497 e. The van der Waals surface area contributed by atoms with Gasteiger partial charge in [-0.1, -0.05) is 0 Å². The molecule has 1 aliphatic heterocycles. The predicted molar refractivity (Wildman–Crippen MR) is 64.1 cm³/mol. The quantitative estimate of drug-likeness (QED) is 0.866. The Morgan fingerprint density at radius 2 is 2.00 bits per heavy atom. The van der Waals surface area contributed by atoms with Gasteiger partial charge in [0.1, 0.15) is 5.75 Å². The largest absolute Gasteiger partial charge is 0.497 e. The zero-order valence-corrected chi connectivity index (χ0v) is 10.5. The predicted octanol–water partition coefficient (Wildman–Crippen LogP) is 0.764. The summed E-state index contributed by atoms with van der Waals surface area (Å²) in [5.41, 5.74) is 5.78. The highest BCUT2D eigenvalue weighted by Gasteiger charge is 2.32. The monoisotopic (exact) mass is 256 g/mol. The fourth-order valence-corrected chi connectivity index (χ4v) is 3.53. The summed E-state index contributed by atoms with van der Waals surface area (Å²) in [6.45, 7) is 0.496. The number of sulfonamides is 1. The Hall–Kier alpha value is -1.11. The van der Waals surface area contributed by atoms with Gasteiger partial charge in [0.05, 0.1) is 18.2 Å². The number of ether oxygens (including phenoxy) is 1. The average Bonchev–Trinajstić information content (AvgIpc) is 2.76. The molecule has 1 saturated heterocycles. The van der Waals surface area contributed by atoms with E-state index in [1.54, 1.807) is 31.4 Å². The third-order valence-corrected chi connectivity index (χ3v) is 4.85. The molecule has 1 aliphatic rings. The van der Waals surface area contributed by atoms with Crippen molar-refractivity contribution in [2.45, 2.75) is 23.9 Å². The number of nitrogens with two attached hydrogens (primary N) is 1. The molecule has 94 valence electrons. The maximum absolute atomic E-state index is 12.2. The highest BCUT2D eigenvalue weighted by Crippen LogP contribution is 2.24. The maximum Gasteiger partial charge on any atom is 0.244 e. The smallest absolute Gasteiger partial charge is 0.244 e. The molecular weight excluding hydrogens is 240 g/mol. The SMILES string of the molecule is COc1ccc(S(=O)(=O)N2CCCC2N)cc1. The van der Waals surface area contributed by atoms with Crippen LogP contribution in [0.15, 0.2) is 29.2 Å². The summed E-state index contributed by atoms with van der Waals surface area (Å²) in [6.07, 6.45) is 1.13. The van der Waals surface area contributed by atoms with Gasteiger partial charge < -0.3 is 10.5 Å². The third-order valence-electron chi connectivity index (χ3n) is 2.91. The number of methoxy groups -OCH3 is 1. The molecule has 1 heterocycles. The van der Waals surface area contributed by atoms with Crippen molar-refractivity contribution >= 4 is 10.0 Å². The molecule has 0 radical (unpaired) electrons. The van der Waals surface area contributed by atoms with Gasteiger partial charge in [-0.15, -0.1) is 0 Å². The number of hydrogen-bond donors (Lipinski definition) is 1. The van der Waals surface area contributed by atoms with Crippen molar-refractivity contribution in [1.29, 1.82) is 0 Å². The standard InChI is InChI=1S/C11H16N2O3S/c1-16-9-4-6-10(7-5-9)17(14,15)13-8-2-3-11(13)12/h4-7,11H,2-3,8,12H2,1H3. The molecule has 17 heavy (non-hydrogen) atoms. The summed E-state index contributed by atoms with van der Waals surface area (Å²) in [5.74, 6) is 0.634. The molecular formula is C11H16N2O3S. The van der Waals surface area contributed by atoms with Crippen LogP contribution in [0.5, 0.6) is 5.75 Å². The zero-order valence-electron chi connectivity index (χ0n) is 9.67. The first-order valence-corrected chi connectivity index (χ1v) is 6.91. The fraction of sp³-hybridized carbons (Fsp3) is 0.455. The van der Waals surface area contributed by atoms with Crippen LogP contribution in [0.1, 0.15) is 12.8 Å². The van der Waals surface area contributed by atoms with Gasteiger partial charge in [0.25, 0.3) is 0 Å². The van der Waals surface area contributed by atoms with E-state index in [1.807, 2.05) is 0 Å². The summed E-state index contributed by atoms with van der Waals surface area (Å²) in [6, 6.07) is 6.35. The average molecular weight is 256 g/mol. The van der Waals surface area contributed by atoms with Gasteiger partial charge in [-0.25, -0.2) is 8.42 Å². The number of rotatable bonds is 3. The molecule has 2 N–H and O–H groups in total. The van der Waals surface area contributed by atoms with E-state index in [0.717, 1.165) is 12.8 Å². The van der Waals surface area contributed by atoms with Gasteiger partial charge in [0, 0.05) is 6.54 Å². The number of hydrogen-bond acceptors (Lipinski definition) is 4. The zero-order chi connectivity index (χ0) is 12.5. The van der Waals surface area contributed by atoms with E-state index in [4.69, 9.17) is 10.5 Å². The fourth-order valence-electron chi connectivity index (χ4n) is 1.95. The van der Waals surface area contributed by atoms with Crippen molar-refractivity contribution < 1.29 is 13.2 Å². The second kappa shape index (κ2) is 4.64. The van der Waals surface area contributed by atoms with E-state index in [9.17, 15) is 8.42 Å². The lowest BCUT2D eigenvalue weighted by Gasteiger charge is -2.20. The van der Waals surface area contributed by atoms with Crippen LogP contribution in [-0.4, -0.2) is 32.5 Å². The second-order valence-electron chi connectivity index (χ2n) is 4.00. The minimum atomic E-state index is -3.46. The Kier molecular flexibility index (Phi) is 3.37. The maximum atomic E-state index is 12.2. The Labute approximate surface area is 101 Å². The van der Waals surface area contributed by atoms with Crippen molar-refractivity contribution in [2.24, 2.45) is 5.73 Å². The summed E-state index contributed by atoms with van der Waals surface area (Å²) in [7, 11) is -1.92. The van der Waals surface area contributed by atoms with Gasteiger partial charge in [0.15, 0.2) is 0 Å². The van der Waals surface area contributed by atoms with Crippen LogP contribution in [0, 0.1) is 0 Å². The normalized spacial score (nSPS) is 21.6. The van der Waals surface area contributed by atoms with Crippen molar-refractivity contribution in [3.8, 4) is 5.75 Å². The van der Waals surface area contributed by atoms with Crippen LogP contribution in [0.2, 0.25) is 0 Å². The van der Waals surface area contributed by atoms with Crippen molar-refractivity contribution in [1.82, 2.24) is 4.31 Å². The van der Waals surface area contributed by atoms with Gasteiger partial charge in [-0.05, 0) is 37.1 Å².